The van der Waals surface area contributed by atoms with Gasteiger partial charge in [-0.2, -0.15) is 0 Å². The van der Waals surface area contributed by atoms with Crippen LogP contribution in [0.4, 0.5) is 0 Å². The third-order valence-corrected chi connectivity index (χ3v) is 4.97. The van der Waals surface area contributed by atoms with Gasteiger partial charge < -0.3 is 19.3 Å². The van der Waals surface area contributed by atoms with E-state index < -0.39 is 18.0 Å². The van der Waals surface area contributed by atoms with Gasteiger partial charge in [0.05, 0.1) is 6.61 Å². The highest BCUT2D eigenvalue weighted by Crippen LogP contribution is 2.33. The van der Waals surface area contributed by atoms with E-state index in [-0.39, 0.29) is 24.2 Å². The number of aliphatic hydroxyl groups excluding tert-OH is 1. The molecule has 0 amide bonds. The van der Waals surface area contributed by atoms with Crippen LogP contribution in [0.15, 0.2) is 72.8 Å². The Labute approximate surface area is 189 Å². The Balaban J connectivity index is 2.04. The molecule has 0 radical (unpaired) electrons. The van der Waals surface area contributed by atoms with Gasteiger partial charge >= 0.3 is 11.9 Å². The quantitative estimate of drug-likeness (QED) is 0.337. The summed E-state index contributed by atoms with van der Waals surface area (Å²) < 4.78 is 16.0. The first-order valence-electron chi connectivity index (χ1n) is 10.2. The maximum atomic E-state index is 11.7. The minimum Gasteiger partial charge on any atom is -0.490 e. The zero-order valence-electron chi connectivity index (χ0n) is 19.0. The van der Waals surface area contributed by atoms with Crippen LogP contribution in [0.2, 0.25) is 0 Å². The molecule has 2 aromatic rings. The normalized spacial score (nSPS) is 11.9. The van der Waals surface area contributed by atoms with Crippen molar-refractivity contribution in [1.29, 1.82) is 0 Å². The fourth-order valence-corrected chi connectivity index (χ4v) is 2.83. The van der Waals surface area contributed by atoms with Crippen LogP contribution in [0.25, 0.3) is 0 Å². The van der Waals surface area contributed by atoms with Crippen molar-refractivity contribution >= 4 is 11.9 Å². The van der Waals surface area contributed by atoms with E-state index in [0.29, 0.717) is 17.1 Å². The average Bonchev–Trinajstić information content (AvgIpc) is 2.76. The summed E-state index contributed by atoms with van der Waals surface area (Å²) >= 11 is 0. The minimum atomic E-state index is -0.771. The third-order valence-electron chi connectivity index (χ3n) is 4.97. The predicted molar refractivity (Wildman–Crippen MR) is 123 cm³/mol. The lowest BCUT2D eigenvalue weighted by molar-refractivity contribution is -0.147. The molecule has 1 atom stereocenters. The lowest BCUT2D eigenvalue weighted by atomic mass is 9.78. The molecule has 0 saturated carbocycles. The number of hydrogen-bond acceptors (Lipinski definition) is 6. The van der Waals surface area contributed by atoms with Gasteiger partial charge in [-0.15, -0.1) is 0 Å². The van der Waals surface area contributed by atoms with E-state index in [2.05, 4.69) is 27.0 Å². The van der Waals surface area contributed by atoms with E-state index in [4.69, 9.17) is 14.2 Å². The summed E-state index contributed by atoms with van der Waals surface area (Å²) in [6.45, 7) is 14.1. The number of carbonyl (C=O) groups is 2. The van der Waals surface area contributed by atoms with E-state index in [0.717, 1.165) is 11.1 Å². The second-order valence-electron chi connectivity index (χ2n) is 8.14. The van der Waals surface area contributed by atoms with Crippen molar-refractivity contribution in [2.75, 3.05) is 13.2 Å². The minimum absolute atomic E-state index is 0.0304. The van der Waals surface area contributed by atoms with Gasteiger partial charge in [0.25, 0.3) is 0 Å². The Hall–Kier alpha value is -3.38. The number of benzene rings is 2. The van der Waals surface area contributed by atoms with Crippen molar-refractivity contribution in [3.05, 3.63) is 84.0 Å². The van der Waals surface area contributed by atoms with Crippen molar-refractivity contribution in [1.82, 2.24) is 0 Å². The van der Waals surface area contributed by atoms with Crippen LogP contribution < -0.4 is 9.47 Å². The molecule has 0 heterocycles. The molecule has 32 heavy (non-hydrogen) atoms. The molecule has 6 heteroatoms. The van der Waals surface area contributed by atoms with E-state index in [1.165, 1.54) is 0 Å². The average molecular weight is 439 g/mol. The van der Waals surface area contributed by atoms with E-state index in [9.17, 15) is 14.7 Å². The number of rotatable bonds is 10. The molecule has 0 aliphatic heterocycles. The second kappa shape index (κ2) is 10.8. The molecule has 1 N–H and O–H groups in total. The molecule has 1 unspecified atom stereocenters. The summed E-state index contributed by atoms with van der Waals surface area (Å²) in [4.78, 5) is 23.3. The largest absolute Gasteiger partial charge is 0.490 e. The topological polar surface area (TPSA) is 82.1 Å². The highest BCUT2D eigenvalue weighted by atomic mass is 16.6. The molecule has 0 aromatic heterocycles. The molecule has 170 valence electrons. The molecule has 0 saturated heterocycles. The SMILES string of the molecule is C=C(C)C(=O)Oc1ccc(C(C)(C)c2ccc(OCC(CO)OC(=O)C(=C)C)cc2)cc1. The highest BCUT2D eigenvalue weighted by molar-refractivity contribution is 5.88. The Morgan fingerprint density at radius 3 is 1.78 bits per heavy atom. The molecule has 0 bridgehead atoms. The van der Waals surface area contributed by atoms with E-state index >= 15 is 0 Å². The van der Waals surface area contributed by atoms with Crippen molar-refractivity contribution in [3.8, 4) is 11.5 Å². The molecule has 0 spiro atoms. The third kappa shape index (κ3) is 6.56. The van der Waals surface area contributed by atoms with Crippen molar-refractivity contribution < 1.29 is 28.9 Å². The van der Waals surface area contributed by atoms with Gasteiger partial charge in [-0.1, -0.05) is 51.3 Å². The summed E-state index contributed by atoms with van der Waals surface area (Å²) in [6, 6.07) is 14.9. The maximum absolute atomic E-state index is 11.7. The van der Waals surface area contributed by atoms with Crippen LogP contribution in [0, 0.1) is 0 Å². The Kier molecular flexibility index (Phi) is 8.38. The van der Waals surface area contributed by atoms with Gasteiger partial charge in [0, 0.05) is 16.6 Å². The van der Waals surface area contributed by atoms with E-state index in [1.54, 1.807) is 26.0 Å². The molecular formula is C26H30O6. The van der Waals surface area contributed by atoms with Gasteiger partial charge in [-0.25, -0.2) is 9.59 Å². The number of ether oxygens (including phenoxy) is 3. The fraction of sp³-hybridized carbons (Fsp3) is 0.308. The van der Waals surface area contributed by atoms with Crippen LogP contribution in [-0.2, 0) is 19.7 Å². The first-order chi connectivity index (χ1) is 15.0. The standard InChI is InChI=1S/C26H30O6/c1-17(2)24(28)31-22-13-9-20(10-14-22)26(5,6)19-7-11-21(12-8-19)30-16-23(15-27)32-25(29)18(3)4/h7-14,23,27H,1,3,15-16H2,2,4-6H3. The van der Waals surface area contributed by atoms with Crippen LogP contribution in [0.1, 0.15) is 38.8 Å². The smallest absolute Gasteiger partial charge is 0.338 e. The molecule has 0 fully saturated rings. The van der Waals surface area contributed by atoms with Crippen molar-refractivity contribution in [3.63, 3.8) is 0 Å². The van der Waals surface area contributed by atoms with Gasteiger partial charge in [0.1, 0.15) is 18.1 Å². The summed E-state index contributed by atoms with van der Waals surface area (Å²) in [5.74, 6) is 0.0408. The van der Waals surface area contributed by atoms with Crippen molar-refractivity contribution in [2.24, 2.45) is 0 Å². The first-order valence-corrected chi connectivity index (χ1v) is 10.2. The summed E-state index contributed by atoms with van der Waals surface area (Å²) in [6.07, 6.45) is -0.771. The Bertz CT molecular complexity index is 970. The molecule has 2 rings (SSSR count). The second-order valence-corrected chi connectivity index (χ2v) is 8.14. The number of hydrogen-bond donors (Lipinski definition) is 1. The molecule has 0 aliphatic rings. The summed E-state index contributed by atoms with van der Waals surface area (Å²) in [5, 5.41) is 9.39. The van der Waals surface area contributed by atoms with Crippen molar-refractivity contribution in [2.45, 2.75) is 39.2 Å². The van der Waals surface area contributed by atoms with Gasteiger partial charge in [0.2, 0.25) is 0 Å². The van der Waals surface area contributed by atoms with Gasteiger partial charge in [-0.3, -0.25) is 0 Å². The molecule has 0 aliphatic carbocycles. The first kappa shape index (κ1) is 24.9. The number of aliphatic hydroxyl groups is 1. The van der Waals surface area contributed by atoms with Crippen LogP contribution in [0.3, 0.4) is 0 Å². The summed E-state index contributed by atoms with van der Waals surface area (Å²) in [5.41, 5.74) is 2.41. The Morgan fingerprint density at radius 2 is 1.34 bits per heavy atom. The lowest BCUT2D eigenvalue weighted by Crippen LogP contribution is -2.28. The summed E-state index contributed by atoms with van der Waals surface area (Å²) in [7, 11) is 0. The predicted octanol–water partition coefficient (Wildman–Crippen LogP) is 4.35. The fourth-order valence-electron chi connectivity index (χ4n) is 2.83. The molecule has 2 aromatic carbocycles. The van der Waals surface area contributed by atoms with Gasteiger partial charge in [0.15, 0.2) is 6.10 Å². The van der Waals surface area contributed by atoms with Gasteiger partial charge in [-0.05, 0) is 49.2 Å². The zero-order valence-corrected chi connectivity index (χ0v) is 19.0. The van der Waals surface area contributed by atoms with Crippen LogP contribution >= 0.6 is 0 Å². The molecular weight excluding hydrogens is 408 g/mol. The van der Waals surface area contributed by atoms with E-state index in [1.807, 2.05) is 36.4 Å². The zero-order chi connectivity index (χ0) is 23.9. The monoisotopic (exact) mass is 438 g/mol. The Morgan fingerprint density at radius 1 is 0.875 bits per heavy atom. The number of esters is 2. The highest BCUT2D eigenvalue weighted by Gasteiger charge is 2.23. The maximum Gasteiger partial charge on any atom is 0.338 e. The number of carbonyl (C=O) groups excluding carboxylic acids is 2. The van der Waals surface area contributed by atoms with Crippen LogP contribution in [-0.4, -0.2) is 36.4 Å². The lowest BCUT2D eigenvalue weighted by Gasteiger charge is -2.26. The van der Waals surface area contributed by atoms with Crippen LogP contribution in [0.5, 0.6) is 11.5 Å². The molecule has 6 nitrogen and oxygen atoms in total.